The Balaban J connectivity index is 1.79. The van der Waals surface area contributed by atoms with Crippen molar-refractivity contribution in [3.8, 4) is 34.5 Å². The van der Waals surface area contributed by atoms with Crippen LogP contribution in [0.3, 0.4) is 0 Å². The van der Waals surface area contributed by atoms with Gasteiger partial charge in [0.1, 0.15) is 25.0 Å². The van der Waals surface area contributed by atoms with Crippen molar-refractivity contribution in [2.75, 3.05) is 32.2 Å². The predicted octanol–water partition coefficient (Wildman–Crippen LogP) is 1.49. The molecule has 12 nitrogen and oxygen atoms in total. The number of rotatable bonds is 11. The van der Waals surface area contributed by atoms with E-state index in [1.807, 2.05) is 33.8 Å². The van der Waals surface area contributed by atoms with Crippen LogP contribution in [0, 0.1) is 13.8 Å². The fourth-order valence-electron chi connectivity index (χ4n) is 3.18. The Morgan fingerprint density at radius 1 is 1.17 bits per heavy atom. The molecule has 0 aliphatic rings. The maximum Gasteiger partial charge on any atom is 0.277 e. The van der Waals surface area contributed by atoms with E-state index in [0.29, 0.717) is 34.5 Å². The van der Waals surface area contributed by atoms with E-state index in [1.54, 1.807) is 12.1 Å². The largest absolute Gasteiger partial charge is 0.493 e. The van der Waals surface area contributed by atoms with Crippen LogP contribution in [0.25, 0.3) is 23.0 Å². The zero-order valence-corrected chi connectivity index (χ0v) is 20.3. The second-order valence-corrected chi connectivity index (χ2v) is 8.19. The maximum absolute atomic E-state index is 11.1. The van der Waals surface area contributed by atoms with Crippen LogP contribution in [0.15, 0.2) is 22.7 Å². The summed E-state index contributed by atoms with van der Waals surface area (Å²) in [6, 6.07) is 5.44. The lowest BCUT2D eigenvalue weighted by atomic mass is 10.1. The lowest BCUT2D eigenvalue weighted by Crippen LogP contribution is -2.36. The Morgan fingerprint density at radius 2 is 1.94 bits per heavy atom. The predicted molar refractivity (Wildman–Crippen MR) is 127 cm³/mol. The molecule has 4 N–H and O–H groups in total. The van der Waals surface area contributed by atoms with Gasteiger partial charge in [0.25, 0.3) is 5.89 Å². The average Bonchev–Trinajstić information content (AvgIpc) is 3.31. The summed E-state index contributed by atoms with van der Waals surface area (Å²) in [7, 11) is 1.50. The zero-order chi connectivity index (χ0) is 25.5. The van der Waals surface area contributed by atoms with Crippen LogP contribution in [0.4, 0.5) is 5.95 Å². The van der Waals surface area contributed by atoms with Gasteiger partial charge in [-0.1, -0.05) is 5.16 Å². The average molecular weight is 487 g/mol. The summed E-state index contributed by atoms with van der Waals surface area (Å²) in [6.45, 7) is 6.88. The van der Waals surface area contributed by atoms with Crippen LogP contribution in [0.2, 0.25) is 0 Å². The van der Waals surface area contributed by atoms with Crippen LogP contribution in [-0.2, 0) is 4.79 Å². The molecule has 1 unspecified atom stereocenters. The number of nitrogens with zero attached hydrogens (tertiary/aromatic N) is 4. The molecule has 1 amide bonds. The van der Waals surface area contributed by atoms with Crippen molar-refractivity contribution in [2.45, 2.75) is 39.8 Å². The van der Waals surface area contributed by atoms with E-state index in [9.17, 15) is 9.90 Å². The van der Waals surface area contributed by atoms with Gasteiger partial charge < -0.3 is 34.8 Å². The quantitative estimate of drug-likeness (QED) is 0.310. The summed E-state index contributed by atoms with van der Waals surface area (Å²) in [5.41, 5.74) is 2.63. The summed E-state index contributed by atoms with van der Waals surface area (Å²) in [4.78, 5) is 24.4. The van der Waals surface area contributed by atoms with Crippen molar-refractivity contribution in [1.82, 2.24) is 25.4 Å². The Morgan fingerprint density at radius 3 is 2.63 bits per heavy atom. The standard InChI is InChI=1S/C23H30N6O6/c1-12(2)25-23-26-14(4)7-17(27-23)22-28-21(29-35-22)15-6-13(3)20(18(8-15)33-5)34-11-16(31)9-24-19(32)10-30/h6-8,12,16,30-31H,9-11H2,1-5H3,(H,24,32)(H,25,26,27). The van der Waals surface area contributed by atoms with E-state index in [2.05, 4.69) is 30.7 Å². The van der Waals surface area contributed by atoms with Crippen LogP contribution in [-0.4, -0.2) is 75.2 Å². The van der Waals surface area contributed by atoms with Crippen LogP contribution < -0.4 is 20.1 Å². The van der Waals surface area contributed by atoms with Gasteiger partial charge in [0, 0.05) is 23.8 Å². The van der Waals surface area contributed by atoms with E-state index in [1.165, 1.54) is 7.11 Å². The number of aromatic nitrogens is 4. The number of aliphatic hydroxyl groups excluding tert-OH is 2. The topological polar surface area (TPSA) is 165 Å². The summed E-state index contributed by atoms with van der Waals surface area (Å²) >= 11 is 0. The number of carbonyl (C=O) groups is 1. The van der Waals surface area contributed by atoms with E-state index in [-0.39, 0.29) is 25.1 Å². The van der Waals surface area contributed by atoms with Gasteiger partial charge >= 0.3 is 0 Å². The number of benzene rings is 1. The summed E-state index contributed by atoms with van der Waals surface area (Å²) < 4.78 is 16.7. The molecule has 2 aromatic heterocycles. The molecular formula is C23H30N6O6. The lowest BCUT2D eigenvalue weighted by molar-refractivity contribution is -0.124. The van der Waals surface area contributed by atoms with Gasteiger partial charge in [0.15, 0.2) is 11.5 Å². The van der Waals surface area contributed by atoms with Gasteiger partial charge in [-0.25, -0.2) is 9.97 Å². The van der Waals surface area contributed by atoms with Crippen molar-refractivity contribution < 1.29 is 29.0 Å². The first kappa shape index (κ1) is 25.8. The molecular weight excluding hydrogens is 456 g/mol. The molecule has 0 fully saturated rings. The normalized spacial score (nSPS) is 11.9. The molecule has 0 saturated heterocycles. The number of methoxy groups -OCH3 is 1. The van der Waals surface area contributed by atoms with Crippen molar-refractivity contribution in [3.05, 3.63) is 29.5 Å². The van der Waals surface area contributed by atoms with E-state index >= 15 is 0 Å². The third-order valence-corrected chi connectivity index (χ3v) is 4.73. The second-order valence-electron chi connectivity index (χ2n) is 8.19. The zero-order valence-electron chi connectivity index (χ0n) is 20.3. The SMILES string of the molecule is COc1cc(-c2noc(-c3cc(C)nc(NC(C)C)n3)n2)cc(C)c1OCC(O)CNC(=O)CO. The summed E-state index contributed by atoms with van der Waals surface area (Å²) in [5.74, 6) is 1.34. The molecule has 2 heterocycles. The Hall–Kier alpha value is -3.77. The molecule has 0 saturated carbocycles. The van der Waals surface area contributed by atoms with Gasteiger partial charge in [-0.15, -0.1) is 0 Å². The van der Waals surface area contributed by atoms with Crippen molar-refractivity contribution in [2.24, 2.45) is 0 Å². The van der Waals surface area contributed by atoms with E-state index < -0.39 is 18.6 Å². The minimum Gasteiger partial charge on any atom is -0.493 e. The third-order valence-electron chi connectivity index (χ3n) is 4.73. The van der Waals surface area contributed by atoms with E-state index in [4.69, 9.17) is 19.1 Å². The Labute approximate surface area is 202 Å². The fraction of sp³-hybridized carbons (Fsp3) is 0.435. The van der Waals surface area contributed by atoms with Gasteiger partial charge in [0.05, 0.1) is 7.11 Å². The molecule has 0 bridgehead atoms. The highest BCUT2D eigenvalue weighted by Crippen LogP contribution is 2.36. The maximum atomic E-state index is 11.1. The molecule has 188 valence electrons. The van der Waals surface area contributed by atoms with Gasteiger partial charge in [-0.3, -0.25) is 4.79 Å². The molecule has 3 rings (SSSR count). The van der Waals surface area contributed by atoms with Gasteiger partial charge in [-0.2, -0.15) is 4.98 Å². The van der Waals surface area contributed by atoms with Crippen molar-refractivity contribution >= 4 is 11.9 Å². The minimum atomic E-state index is -0.972. The summed E-state index contributed by atoms with van der Waals surface area (Å²) in [5, 5.41) is 28.4. The molecule has 12 heteroatoms. The highest BCUT2D eigenvalue weighted by atomic mass is 16.5. The van der Waals surface area contributed by atoms with E-state index in [0.717, 1.165) is 11.3 Å². The molecule has 35 heavy (non-hydrogen) atoms. The van der Waals surface area contributed by atoms with Crippen LogP contribution in [0.5, 0.6) is 11.5 Å². The molecule has 1 aromatic carbocycles. The number of aryl methyl sites for hydroxylation is 2. The minimum absolute atomic E-state index is 0.0542. The number of amides is 1. The lowest BCUT2D eigenvalue weighted by Gasteiger charge is -2.17. The van der Waals surface area contributed by atoms with Crippen molar-refractivity contribution in [1.29, 1.82) is 0 Å². The third kappa shape index (κ3) is 6.87. The Bertz CT molecular complexity index is 1170. The number of aliphatic hydroxyl groups is 2. The van der Waals surface area contributed by atoms with Crippen LogP contribution in [0.1, 0.15) is 25.1 Å². The molecule has 0 spiro atoms. The number of nitrogens with one attached hydrogen (secondary N) is 2. The van der Waals surface area contributed by atoms with Gasteiger partial charge in [-0.05, 0) is 51.5 Å². The Kier molecular flexibility index (Phi) is 8.55. The number of hydrogen-bond acceptors (Lipinski definition) is 11. The number of ether oxygens (including phenoxy) is 2. The highest BCUT2D eigenvalue weighted by molar-refractivity contribution is 5.76. The monoisotopic (exact) mass is 486 g/mol. The van der Waals surface area contributed by atoms with Gasteiger partial charge in [0.2, 0.25) is 17.7 Å². The number of hydrogen-bond donors (Lipinski definition) is 4. The first-order valence-electron chi connectivity index (χ1n) is 11.0. The molecule has 1 atom stereocenters. The highest BCUT2D eigenvalue weighted by Gasteiger charge is 2.18. The second kappa shape index (κ2) is 11.6. The first-order valence-corrected chi connectivity index (χ1v) is 11.0. The molecule has 3 aromatic rings. The number of carbonyl (C=O) groups excluding carboxylic acids is 1. The molecule has 0 aliphatic carbocycles. The van der Waals surface area contributed by atoms with Crippen LogP contribution >= 0.6 is 0 Å². The summed E-state index contributed by atoms with van der Waals surface area (Å²) in [6.07, 6.45) is -0.972. The first-order chi connectivity index (χ1) is 16.7. The number of anilines is 1. The smallest absolute Gasteiger partial charge is 0.277 e. The van der Waals surface area contributed by atoms with Crippen molar-refractivity contribution in [3.63, 3.8) is 0 Å². The molecule has 0 aliphatic heterocycles. The fourth-order valence-corrected chi connectivity index (χ4v) is 3.18. The molecule has 0 radical (unpaired) electrons.